The predicted molar refractivity (Wildman–Crippen MR) is 104 cm³/mol. The summed E-state index contributed by atoms with van der Waals surface area (Å²) < 4.78 is 5.02. The fourth-order valence-corrected chi connectivity index (χ4v) is 2.36. The van der Waals surface area contributed by atoms with E-state index in [4.69, 9.17) is 10.00 Å². The number of carbonyl (C=O) groups excluding carboxylic acids is 1. The maximum Gasteiger partial charge on any atom is 0.261 e. The Hall–Kier alpha value is -3.92. The Kier molecular flexibility index (Phi) is 7.06. The molecule has 0 aromatic heterocycles. The molecule has 0 radical (unpaired) electrons. The molecule has 2 rings (SSSR count). The summed E-state index contributed by atoms with van der Waals surface area (Å²) in [5.41, 5.74) is 1.41. The number of ether oxygens (including phenoxy) is 1. The molecule has 1 amide bonds. The number of allylic oxidation sites excluding steroid dienone is 2. The lowest BCUT2D eigenvalue weighted by atomic mass is 10.1. The number of methoxy groups -OCH3 is 1. The molecule has 0 aliphatic rings. The van der Waals surface area contributed by atoms with Crippen molar-refractivity contribution in [3.8, 4) is 29.1 Å². The first-order chi connectivity index (χ1) is 13.4. The van der Waals surface area contributed by atoms with E-state index in [1.807, 2.05) is 6.07 Å². The van der Waals surface area contributed by atoms with Crippen LogP contribution in [0.3, 0.4) is 0 Å². The molecule has 7 nitrogen and oxygen atoms in total. The van der Waals surface area contributed by atoms with Gasteiger partial charge in [0.25, 0.3) is 5.91 Å². The van der Waals surface area contributed by atoms with Gasteiger partial charge < -0.3 is 25.4 Å². The number of carbonyl (C=O) groups is 1. The molecule has 7 heteroatoms. The quantitative estimate of drug-likeness (QED) is 0.253. The van der Waals surface area contributed by atoms with E-state index in [1.165, 1.54) is 31.4 Å². The van der Waals surface area contributed by atoms with Gasteiger partial charge in [-0.3, -0.25) is 4.79 Å². The monoisotopic (exact) mass is 380 g/mol. The molecule has 0 aliphatic carbocycles. The van der Waals surface area contributed by atoms with Gasteiger partial charge in [-0.15, -0.1) is 0 Å². The Labute approximate surface area is 162 Å². The van der Waals surface area contributed by atoms with Crippen LogP contribution in [0, 0.1) is 11.3 Å². The van der Waals surface area contributed by atoms with Crippen LogP contribution in [0.25, 0.3) is 6.08 Å². The maximum absolute atomic E-state index is 12.1. The minimum Gasteiger partial charge on any atom is -0.504 e. The zero-order chi connectivity index (χ0) is 20.5. The van der Waals surface area contributed by atoms with Gasteiger partial charge in [0.2, 0.25) is 0 Å². The summed E-state index contributed by atoms with van der Waals surface area (Å²) in [5.74, 6) is -0.602. The zero-order valence-electron chi connectivity index (χ0n) is 15.2. The predicted octanol–water partition coefficient (Wildman–Crippen LogP) is 2.63. The fraction of sp³-hybridized carbons (Fsp3) is 0.143. The van der Waals surface area contributed by atoms with Gasteiger partial charge in [-0.25, -0.2) is 0 Å². The van der Waals surface area contributed by atoms with Crippen LogP contribution in [0.15, 0.2) is 54.1 Å². The Morgan fingerprint density at radius 2 is 1.89 bits per heavy atom. The van der Waals surface area contributed by atoms with E-state index in [1.54, 1.807) is 30.4 Å². The Balaban J connectivity index is 1.94. The van der Waals surface area contributed by atoms with Crippen molar-refractivity contribution in [1.82, 2.24) is 5.32 Å². The van der Waals surface area contributed by atoms with E-state index in [-0.39, 0.29) is 29.4 Å². The molecule has 0 aliphatic heterocycles. The number of nitriles is 1. The SMILES string of the molecule is COc1cc(/C=C/C=C(\C#N)C(=O)NCCc2ccc(O)c(O)c2)ccc1O. The number of phenolic OH excluding ortho intramolecular Hbond substituents is 3. The first-order valence-corrected chi connectivity index (χ1v) is 8.39. The Bertz CT molecular complexity index is 958. The van der Waals surface area contributed by atoms with Crippen molar-refractivity contribution in [2.45, 2.75) is 6.42 Å². The summed E-state index contributed by atoms with van der Waals surface area (Å²) in [7, 11) is 1.44. The topological polar surface area (TPSA) is 123 Å². The number of aromatic hydroxyl groups is 3. The molecule has 0 unspecified atom stereocenters. The van der Waals surface area contributed by atoms with Gasteiger partial charge >= 0.3 is 0 Å². The van der Waals surface area contributed by atoms with Crippen molar-refractivity contribution in [3.63, 3.8) is 0 Å². The molecule has 0 saturated heterocycles. The largest absolute Gasteiger partial charge is 0.504 e. The van der Waals surface area contributed by atoms with Crippen LogP contribution in [0.1, 0.15) is 11.1 Å². The zero-order valence-corrected chi connectivity index (χ0v) is 15.2. The number of hydrogen-bond acceptors (Lipinski definition) is 6. The Morgan fingerprint density at radius 1 is 1.14 bits per heavy atom. The van der Waals surface area contributed by atoms with Gasteiger partial charge in [-0.05, 0) is 47.9 Å². The van der Waals surface area contributed by atoms with E-state index < -0.39 is 5.91 Å². The summed E-state index contributed by atoms with van der Waals surface area (Å²) >= 11 is 0. The first kappa shape index (κ1) is 20.4. The smallest absolute Gasteiger partial charge is 0.261 e. The van der Waals surface area contributed by atoms with Gasteiger partial charge in [0.15, 0.2) is 23.0 Å². The molecule has 2 aromatic rings. The molecule has 0 heterocycles. The van der Waals surface area contributed by atoms with Crippen molar-refractivity contribution in [2.75, 3.05) is 13.7 Å². The number of nitrogens with one attached hydrogen (secondary N) is 1. The van der Waals surface area contributed by atoms with E-state index in [0.29, 0.717) is 12.2 Å². The Morgan fingerprint density at radius 3 is 2.57 bits per heavy atom. The second kappa shape index (κ2) is 9.69. The lowest BCUT2D eigenvalue weighted by molar-refractivity contribution is -0.117. The second-order valence-electron chi connectivity index (χ2n) is 5.81. The van der Waals surface area contributed by atoms with E-state index in [2.05, 4.69) is 5.32 Å². The summed E-state index contributed by atoms with van der Waals surface area (Å²) in [6.07, 6.45) is 5.05. The molecule has 0 fully saturated rings. The van der Waals surface area contributed by atoms with Crippen LogP contribution in [0.5, 0.6) is 23.0 Å². The minimum absolute atomic E-state index is 0.0224. The van der Waals surface area contributed by atoms with Crippen LogP contribution >= 0.6 is 0 Å². The number of rotatable bonds is 7. The van der Waals surface area contributed by atoms with Gasteiger partial charge in [-0.1, -0.05) is 24.3 Å². The number of amides is 1. The summed E-state index contributed by atoms with van der Waals surface area (Å²) in [6.45, 7) is 0.265. The van der Waals surface area contributed by atoms with Crippen molar-refractivity contribution >= 4 is 12.0 Å². The lowest BCUT2D eigenvalue weighted by Gasteiger charge is -2.05. The van der Waals surface area contributed by atoms with Crippen molar-refractivity contribution in [3.05, 3.63) is 65.3 Å². The van der Waals surface area contributed by atoms with Crippen LogP contribution in [-0.4, -0.2) is 34.9 Å². The minimum atomic E-state index is -0.515. The highest BCUT2D eigenvalue weighted by molar-refractivity contribution is 5.97. The third-order valence-electron chi connectivity index (χ3n) is 3.86. The highest BCUT2D eigenvalue weighted by atomic mass is 16.5. The summed E-state index contributed by atoms with van der Waals surface area (Å²) in [5, 5.41) is 40.1. The van der Waals surface area contributed by atoms with Crippen LogP contribution in [0.2, 0.25) is 0 Å². The van der Waals surface area contributed by atoms with Crippen LogP contribution in [-0.2, 0) is 11.2 Å². The fourth-order valence-electron chi connectivity index (χ4n) is 2.36. The molecule has 2 aromatic carbocycles. The maximum atomic E-state index is 12.1. The van der Waals surface area contributed by atoms with Crippen molar-refractivity contribution in [1.29, 1.82) is 5.26 Å². The summed E-state index contributed by atoms with van der Waals surface area (Å²) in [4.78, 5) is 12.1. The number of nitrogens with zero attached hydrogens (tertiary/aromatic N) is 1. The number of phenols is 3. The third-order valence-corrected chi connectivity index (χ3v) is 3.86. The average molecular weight is 380 g/mol. The second-order valence-corrected chi connectivity index (χ2v) is 5.81. The third kappa shape index (κ3) is 5.54. The standard InChI is InChI=1S/C21H20N2O5/c1-28-20-12-14(6-8-18(20)25)3-2-4-16(13-22)21(27)23-10-9-15-5-7-17(24)19(26)11-15/h2-8,11-12,24-26H,9-10H2,1H3,(H,23,27)/b3-2+,16-4+. The van der Waals surface area contributed by atoms with E-state index in [0.717, 1.165) is 11.1 Å². The molecule has 0 spiro atoms. The molecule has 0 saturated carbocycles. The molecular formula is C21H20N2O5. The van der Waals surface area contributed by atoms with Gasteiger partial charge in [0.05, 0.1) is 7.11 Å². The summed E-state index contributed by atoms with van der Waals surface area (Å²) in [6, 6.07) is 11.0. The van der Waals surface area contributed by atoms with Gasteiger partial charge in [0.1, 0.15) is 11.6 Å². The molecule has 0 atom stereocenters. The van der Waals surface area contributed by atoms with E-state index in [9.17, 15) is 20.1 Å². The van der Waals surface area contributed by atoms with E-state index >= 15 is 0 Å². The number of hydrogen-bond donors (Lipinski definition) is 4. The lowest BCUT2D eigenvalue weighted by Crippen LogP contribution is -2.26. The normalized spacial score (nSPS) is 11.2. The molecule has 28 heavy (non-hydrogen) atoms. The van der Waals surface area contributed by atoms with Gasteiger partial charge in [0, 0.05) is 6.54 Å². The van der Waals surface area contributed by atoms with Gasteiger partial charge in [-0.2, -0.15) is 5.26 Å². The van der Waals surface area contributed by atoms with Crippen LogP contribution in [0.4, 0.5) is 0 Å². The molecule has 144 valence electrons. The molecular weight excluding hydrogens is 360 g/mol. The number of benzene rings is 2. The average Bonchev–Trinajstić information content (AvgIpc) is 2.69. The highest BCUT2D eigenvalue weighted by Crippen LogP contribution is 2.27. The van der Waals surface area contributed by atoms with Crippen molar-refractivity contribution in [2.24, 2.45) is 0 Å². The van der Waals surface area contributed by atoms with Crippen LogP contribution < -0.4 is 10.1 Å². The first-order valence-electron chi connectivity index (χ1n) is 8.39. The van der Waals surface area contributed by atoms with Crippen molar-refractivity contribution < 1.29 is 24.9 Å². The highest BCUT2D eigenvalue weighted by Gasteiger charge is 2.08. The molecule has 4 N–H and O–H groups in total. The molecule has 0 bridgehead atoms.